The Kier molecular flexibility index (Phi) is 6.47. The van der Waals surface area contributed by atoms with E-state index < -0.39 is 23.5 Å². The topological polar surface area (TPSA) is 86.0 Å². The van der Waals surface area contributed by atoms with Gasteiger partial charge in [-0.05, 0) is 66.0 Å². The van der Waals surface area contributed by atoms with E-state index in [0.29, 0.717) is 41.2 Å². The van der Waals surface area contributed by atoms with Gasteiger partial charge in [0.15, 0.2) is 23.3 Å². The van der Waals surface area contributed by atoms with Crippen LogP contribution in [0.3, 0.4) is 0 Å². The number of halogens is 1. The summed E-state index contributed by atoms with van der Waals surface area (Å²) in [5, 5.41) is 15.3. The van der Waals surface area contributed by atoms with Gasteiger partial charge in [0.25, 0.3) is 0 Å². The summed E-state index contributed by atoms with van der Waals surface area (Å²) < 4.78 is 28.9. The zero-order valence-electron chi connectivity index (χ0n) is 22.6. The second-order valence-corrected chi connectivity index (χ2v) is 10.8. The van der Waals surface area contributed by atoms with Crippen LogP contribution in [-0.4, -0.2) is 37.9 Å². The number of aromatic nitrogens is 3. The molecule has 0 unspecified atom stereocenters. The van der Waals surface area contributed by atoms with Crippen molar-refractivity contribution in [1.29, 1.82) is 0 Å². The predicted octanol–water partition coefficient (Wildman–Crippen LogP) is 6.39. The molecule has 0 bridgehead atoms. The van der Waals surface area contributed by atoms with E-state index in [4.69, 9.17) is 19.6 Å². The predicted molar refractivity (Wildman–Crippen MR) is 143 cm³/mol. The van der Waals surface area contributed by atoms with Crippen LogP contribution in [-0.2, 0) is 16.0 Å². The number of hydrogen-bond donors (Lipinski definition) is 1. The Balaban J connectivity index is 1.91. The lowest BCUT2D eigenvalue weighted by atomic mass is 9.91. The fraction of sp³-hybridized carbons (Fsp3) is 0.367. The van der Waals surface area contributed by atoms with E-state index in [1.54, 1.807) is 32.2 Å². The zero-order chi connectivity index (χ0) is 27.4. The quantitative estimate of drug-likeness (QED) is 0.330. The summed E-state index contributed by atoms with van der Waals surface area (Å²) in [6, 6.07) is 11.2. The van der Waals surface area contributed by atoms with Crippen molar-refractivity contribution in [2.24, 2.45) is 0 Å². The number of hydrogen-bond acceptors (Lipinski definition) is 5. The van der Waals surface area contributed by atoms with Crippen molar-refractivity contribution in [3.8, 4) is 28.3 Å². The third-order valence-electron chi connectivity index (χ3n) is 6.92. The van der Waals surface area contributed by atoms with Crippen molar-refractivity contribution in [2.75, 3.05) is 6.61 Å². The molecule has 38 heavy (non-hydrogen) atoms. The third kappa shape index (κ3) is 4.43. The van der Waals surface area contributed by atoms with Crippen LogP contribution in [0, 0.1) is 26.6 Å². The van der Waals surface area contributed by atoms with E-state index in [1.807, 2.05) is 44.2 Å². The van der Waals surface area contributed by atoms with Gasteiger partial charge in [-0.15, -0.1) is 0 Å². The number of nitrogens with zero attached hydrogens (tertiary/aromatic N) is 3. The van der Waals surface area contributed by atoms with Gasteiger partial charge in [0, 0.05) is 33.5 Å². The average Bonchev–Trinajstić information content (AvgIpc) is 3.20. The number of carboxylic acid groups (broad SMARTS) is 1. The Bertz CT molecular complexity index is 1550. The maximum absolute atomic E-state index is 15.5. The van der Waals surface area contributed by atoms with Crippen molar-refractivity contribution in [2.45, 2.75) is 66.1 Å². The monoisotopic (exact) mass is 517 g/mol. The Hall–Kier alpha value is -3.78. The number of fused-ring (bicyclic) bond motifs is 2. The molecule has 0 radical (unpaired) electrons. The molecule has 0 spiro atoms. The first-order valence-corrected chi connectivity index (χ1v) is 12.8. The lowest BCUT2D eigenvalue weighted by molar-refractivity contribution is -0.160. The number of carbonyl (C=O) groups is 1. The van der Waals surface area contributed by atoms with E-state index in [9.17, 15) is 9.90 Å². The van der Waals surface area contributed by atoms with Gasteiger partial charge in [0.2, 0.25) is 0 Å². The lowest BCUT2D eigenvalue weighted by Crippen LogP contribution is -2.29. The van der Waals surface area contributed by atoms with Crippen LogP contribution in [0.15, 0.2) is 36.4 Å². The van der Waals surface area contributed by atoms with Gasteiger partial charge in [-0.25, -0.2) is 18.7 Å². The molecule has 0 saturated carbocycles. The summed E-state index contributed by atoms with van der Waals surface area (Å²) in [6.07, 6.45) is 0.0995. The molecule has 198 valence electrons. The van der Waals surface area contributed by atoms with Crippen molar-refractivity contribution in [3.63, 3.8) is 0 Å². The molecule has 0 amide bonds. The minimum Gasteiger partial charge on any atom is -0.490 e. The fourth-order valence-corrected chi connectivity index (χ4v) is 5.21. The molecule has 3 heterocycles. The molecule has 5 rings (SSSR count). The van der Waals surface area contributed by atoms with Crippen LogP contribution in [0.25, 0.3) is 28.2 Å². The van der Waals surface area contributed by atoms with E-state index in [2.05, 4.69) is 0 Å². The van der Waals surface area contributed by atoms with Crippen LogP contribution in [0.1, 0.15) is 61.2 Å². The molecule has 0 saturated heterocycles. The van der Waals surface area contributed by atoms with E-state index in [1.165, 1.54) is 6.07 Å². The molecule has 0 aliphatic carbocycles. The molecular formula is C30H32FN3O4. The second kappa shape index (κ2) is 9.51. The van der Waals surface area contributed by atoms with Crippen LogP contribution >= 0.6 is 0 Å². The first-order valence-electron chi connectivity index (χ1n) is 12.8. The number of ether oxygens (including phenoxy) is 2. The van der Waals surface area contributed by atoms with Gasteiger partial charge in [-0.1, -0.05) is 30.3 Å². The molecule has 2 aromatic heterocycles. The van der Waals surface area contributed by atoms with Crippen LogP contribution in [0.2, 0.25) is 0 Å². The third-order valence-corrected chi connectivity index (χ3v) is 6.92. The van der Waals surface area contributed by atoms with Crippen molar-refractivity contribution in [1.82, 2.24) is 14.6 Å². The number of aryl methyl sites for hydroxylation is 2. The van der Waals surface area contributed by atoms with Crippen LogP contribution in [0.4, 0.5) is 4.39 Å². The summed E-state index contributed by atoms with van der Waals surface area (Å²) in [5.74, 6) is -1.37. The molecule has 1 N–H and O–H groups in total. The molecule has 7 nitrogen and oxygen atoms in total. The maximum atomic E-state index is 15.5. The molecule has 1 aliphatic heterocycles. The van der Waals surface area contributed by atoms with Crippen molar-refractivity contribution in [3.05, 3.63) is 70.2 Å². The number of aliphatic carboxylic acids is 1. The number of carboxylic acids is 1. The molecule has 4 aromatic rings. The number of rotatable bonds is 5. The summed E-state index contributed by atoms with van der Waals surface area (Å²) in [6.45, 7) is 11.5. The minimum absolute atomic E-state index is 0.267. The highest BCUT2D eigenvalue weighted by Gasteiger charge is 2.35. The van der Waals surface area contributed by atoms with Crippen molar-refractivity contribution < 1.29 is 23.8 Å². The maximum Gasteiger partial charge on any atom is 0.337 e. The Morgan fingerprint density at radius 3 is 2.53 bits per heavy atom. The smallest absolute Gasteiger partial charge is 0.337 e. The van der Waals surface area contributed by atoms with Gasteiger partial charge < -0.3 is 14.6 Å². The van der Waals surface area contributed by atoms with Crippen molar-refractivity contribution >= 4 is 11.6 Å². The SMILES string of the molecule is Cc1nc2c(C)c(-c3ccccc3)nn2c(-c2cc(F)c3c(c2C)CCCO3)c1[C@H](OC(C)(C)C)C(=O)O. The van der Waals surface area contributed by atoms with E-state index >= 15 is 4.39 Å². The molecule has 1 atom stereocenters. The van der Waals surface area contributed by atoms with Gasteiger partial charge in [0.05, 0.1) is 23.6 Å². The summed E-state index contributed by atoms with van der Waals surface area (Å²) in [4.78, 5) is 17.5. The highest BCUT2D eigenvalue weighted by atomic mass is 19.1. The van der Waals surface area contributed by atoms with E-state index in [0.717, 1.165) is 34.4 Å². The van der Waals surface area contributed by atoms with Crippen LogP contribution < -0.4 is 4.74 Å². The first-order chi connectivity index (χ1) is 18.0. The molecular weight excluding hydrogens is 485 g/mol. The molecule has 1 aliphatic rings. The van der Waals surface area contributed by atoms with Crippen LogP contribution in [0.5, 0.6) is 5.75 Å². The van der Waals surface area contributed by atoms with Gasteiger partial charge in [-0.3, -0.25) is 0 Å². The molecule has 0 fully saturated rings. The summed E-state index contributed by atoms with van der Waals surface area (Å²) in [5.41, 5.74) is 5.73. The normalized spacial score (nSPS) is 14.3. The molecule has 8 heteroatoms. The average molecular weight is 518 g/mol. The minimum atomic E-state index is -1.35. The number of benzene rings is 2. The van der Waals surface area contributed by atoms with Gasteiger partial charge >= 0.3 is 5.97 Å². The standard InChI is InChI=1S/C30H32FN3O4/c1-16-20-13-10-14-37-26(20)22(31)15-21(16)25-23(27(29(35)36)38-30(4,5)6)18(3)32-28-17(2)24(33-34(25)28)19-11-8-7-9-12-19/h7-9,11-12,15,27H,10,13-14H2,1-6H3,(H,35,36)/t27-/m0/s1. The molecule has 2 aromatic carbocycles. The lowest BCUT2D eigenvalue weighted by Gasteiger charge is -2.28. The van der Waals surface area contributed by atoms with Gasteiger partial charge in [0.1, 0.15) is 0 Å². The zero-order valence-corrected chi connectivity index (χ0v) is 22.6. The Labute approximate surface area is 221 Å². The largest absolute Gasteiger partial charge is 0.490 e. The Morgan fingerprint density at radius 1 is 1.16 bits per heavy atom. The van der Waals surface area contributed by atoms with Gasteiger partial charge in [-0.2, -0.15) is 5.10 Å². The summed E-state index contributed by atoms with van der Waals surface area (Å²) >= 11 is 0. The highest BCUT2D eigenvalue weighted by Crippen LogP contribution is 2.42. The fourth-order valence-electron chi connectivity index (χ4n) is 5.21. The Morgan fingerprint density at radius 2 is 1.87 bits per heavy atom. The summed E-state index contributed by atoms with van der Waals surface area (Å²) in [7, 11) is 0. The highest BCUT2D eigenvalue weighted by molar-refractivity contribution is 5.83. The first kappa shape index (κ1) is 25.9. The van der Waals surface area contributed by atoms with E-state index in [-0.39, 0.29) is 5.75 Å². The second-order valence-electron chi connectivity index (χ2n) is 10.8.